The number of fused-ring (bicyclic) bond motifs is 1. The summed E-state index contributed by atoms with van der Waals surface area (Å²) in [5.74, 6) is 0.727. The molecule has 3 rings (SSSR count). The monoisotopic (exact) mass is 331 g/mol. The highest BCUT2D eigenvalue weighted by atomic mass is 32.2. The first kappa shape index (κ1) is 15.8. The molecule has 0 N–H and O–H groups in total. The van der Waals surface area contributed by atoms with Crippen molar-refractivity contribution in [2.24, 2.45) is 0 Å². The number of hydrogen-bond donors (Lipinski definition) is 0. The van der Waals surface area contributed by atoms with Gasteiger partial charge in [-0.3, -0.25) is 4.31 Å². The minimum atomic E-state index is -3.65. The number of hydrogen-bond acceptors (Lipinski definition) is 4. The summed E-state index contributed by atoms with van der Waals surface area (Å²) in [6, 6.07) is 11.0. The Morgan fingerprint density at radius 2 is 1.83 bits per heavy atom. The van der Waals surface area contributed by atoms with Crippen molar-refractivity contribution < 1.29 is 8.42 Å². The van der Waals surface area contributed by atoms with Crippen LogP contribution >= 0.6 is 0 Å². The van der Waals surface area contributed by atoms with Crippen LogP contribution in [0, 0.1) is 0 Å². The zero-order valence-electron chi connectivity index (χ0n) is 13.8. The van der Waals surface area contributed by atoms with Gasteiger partial charge in [-0.05, 0) is 44.0 Å². The summed E-state index contributed by atoms with van der Waals surface area (Å²) >= 11 is 0. The smallest absolute Gasteiger partial charge is 0.266 e. The van der Waals surface area contributed by atoms with Gasteiger partial charge < -0.3 is 4.90 Å². The fraction of sp³-hybridized carbons (Fsp3) is 0.353. The highest BCUT2D eigenvalue weighted by molar-refractivity contribution is 7.93. The number of pyridine rings is 1. The number of benzene rings is 1. The summed E-state index contributed by atoms with van der Waals surface area (Å²) in [4.78, 5) is 6.29. The molecular weight excluding hydrogens is 310 g/mol. The van der Waals surface area contributed by atoms with Gasteiger partial charge in [0, 0.05) is 20.3 Å². The zero-order valence-corrected chi connectivity index (χ0v) is 14.6. The molecule has 0 amide bonds. The number of aromatic nitrogens is 1. The Kier molecular flexibility index (Phi) is 3.59. The number of sulfonamides is 1. The molecular formula is C17H21N3O2S. The summed E-state index contributed by atoms with van der Waals surface area (Å²) in [5.41, 5.74) is 1.32. The van der Waals surface area contributed by atoms with Gasteiger partial charge in [-0.1, -0.05) is 18.2 Å². The normalized spacial score (nSPS) is 16.3. The number of rotatable bonds is 3. The van der Waals surface area contributed by atoms with Crippen molar-refractivity contribution in [3.8, 4) is 0 Å². The van der Waals surface area contributed by atoms with Crippen LogP contribution in [-0.4, -0.2) is 33.0 Å². The van der Waals surface area contributed by atoms with Crippen molar-refractivity contribution >= 4 is 21.5 Å². The lowest BCUT2D eigenvalue weighted by atomic mass is 10.0. The quantitative estimate of drug-likeness (QED) is 0.868. The fourth-order valence-electron chi connectivity index (χ4n) is 3.07. The Labute approximate surface area is 137 Å². The van der Waals surface area contributed by atoms with E-state index in [1.807, 2.05) is 57.1 Å². The molecule has 1 aliphatic rings. The first-order valence-electron chi connectivity index (χ1n) is 7.50. The summed E-state index contributed by atoms with van der Waals surface area (Å²) in [7, 11) is 0.0928. The molecule has 1 aromatic carbocycles. The van der Waals surface area contributed by atoms with Crippen LogP contribution in [0.2, 0.25) is 0 Å². The molecule has 1 aliphatic heterocycles. The van der Waals surface area contributed by atoms with Crippen LogP contribution in [0.15, 0.2) is 47.5 Å². The van der Waals surface area contributed by atoms with Crippen molar-refractivity contribution in [3.05, 3.63) is 48.2 Å². The first-order valence-corrected chi connectivity index (χ1v) is 8.94. The van der Waals surface area contributed by atoms with Gasteiger partial charge in [0.1, 0.15) is 10.7 Å². The molecule has 0 fully saturated rings. The van der Waals surface area contributed by atoms with Crippen LogP contribution in [0.5, 0.6) is 0 Å². The standard InChI is InChI=1S/C17H21N3O2S/c1-17(2)11-13-7-5-6-8-15(13)20(17)23(21,22)14-9-10-16(18-12-14)19(3)4/h5-10,12H,11H2,1-4H3. The van der Waals surface area contributed by atoms with Crippen molar-refractivity contribution in [2.75, 3.05) is 23.3 Å². The SMILES string of the molecule is CN(C)c1ccc(S(=O)(=O)N2c3ccccc3CC2(C)C)cn1. The van der Waals surface area contributed by atoms with E-state index < -0.39 is 15.6 Å². The van der Waals surface area contributed by atoms with Gasteiger partial charge >= 0.3 is 0 Å². The third-order valence-electron chi connectivity index (χ3n) is 4.10. The van der Waals surface area contributed by atoms with E-state index in [0.29, 0.717) is 6.42 Å². The lowest BCUT2D eigenvalue weighted by Crippen LogP contribution is -2.45. The van der Waals surface area contributed by atoms with E-state index in [4.69, 9.17) is 0 Å². The molecule has 0 radical (unpaired) electrons. The summed E-state index contributed by atoms with van der Waals surface area (Å²) in [5, 5.41) is 0. The minimum Gasteiger partial charge on any atom is -0.363 e. The van der Waals surface area contributed by atoms with Crippen molar-refractivity contribution in [2.45, 2.75) is 30.7 Å². The number of para-hydroxylation sites is 1. The Balaban J connectivity index is 2.08. The Morgan fingerprint density at radius 3 is 2.43 bits per heavy atom. The summed E-state index contributed by atoms with van der Waals surface area (Å²) < 4.78 is 27.9. The molecule has 122 valence electrons. The molecule has 0 saturated heterocycles. The van der Waals surface area contributed by atoms with Gasteiger partial charge in [-0.2, -0.15) is 0 Å². The third kappa shape index (κ3) is 2.57. The zero-order chi connectivity index (χ0) is 16.8. The number of anilines is 2. The predicted molar refractivity (Wildman–Crippen MR) is 92.5 cm³/mol. The van der Waals surface area contributed by atoms with E-state index in [9.17, 15) is 8.42 Å². The maximum absolute atomic E-state index is 13.2. The Bertz CT molecular complexity index is 827. The topological polar surface area (TPSA) is 53.5 Å². The van der Waals surface area contributed by atoms with Crippen LogP contribution in [0.3, 0.4) is 0 Å². The lowest BCUT2D eigenvalue weighted by Gasteiger charge is -2.33. The molecule has 0 unspecified atom stereocenters. The van der Waals surface area contributed by atoms with Gasteiger partial charge in [0.15, 0.2) is 0 Å². The largest absolute Gasteiger partial charge is 0.363 e. The van der Waals surface area contributed by atoms with Gasteiger partial charge in [-0.15, -0.1) is 0 Å². The van der Waals surface area contributed by atoms with E-state index in [1.54, 1.807) is 12.1 Å². The van der Waals surface area contributed by atoms with Crippen LogP contribution in [0.4, 0.5) is 11.5 Å². The van der Waals surface area contributed by atoms with Gasteiger partial charge in [0.25, 0.3) is 10.0 Å². The highest BCUT2D eigenvalue weighted by Gasteiger charge is 2.43. The fourth-order valence-corrected chi connectivity index (χ4v) is 4.86. The van der Waals surface area contributed by atoms with Crippen LogP contribution in [0.25, 0.3) is 0 Å². The highest BCUT2D eigenvalue weighted by Crippen LogP contribution is 2.42. The second-order valence-corrected chi connectivity index (χ2v) is 8.42. The maximum Gasteiger partial charge on any atom is 0.266 e. The molecule has 5 nitrogen and oxygen atoms in total. The molecule has 0 bridgehead atoms. The number of nitrogens with zero attached hydrogens (tertiary/aromatic N) is 3. The molecule has 23 heavy (non-hydrogen) atoms. The molecule has 1 aromatic heterocycles. The molecule has 2 aromatic rings. The molecule has 0 saturated carbocycles. The summed E-state index contributed by atoms with van der Waals surface area (Å²) in [6.07, 6.45) is 2.13. The minimum absolute atomic E-state index is 0.216. The van der Waals surface area contributed by atoms with E-state index >= 15 is 0 Å². The molecule has 0 aliphatic carbocycles. The third-order valence-corrected chi connectivity index (χ3v) is 6.11. The van der Waals surface area contributed by atoms with Crippen molar-refractivity contribution in [3.63, 3.8) is 0 Å². The van der Waals surface area contributed by atoms with Crippen LogP contribution in [0.1, 0.15) is 19.4 Å². The van der Waals surface area contributed by atoms with E-state index in [2.05, 4.69) is 4.98 Å². The first-order chi connectivity index (χ1) is 10.7. The Hall–Kier alpha value is -2.08. The molecule has 0 spiro atoms. The van der Waals surface area contributed by atoms with Gasteiger partial charge in [-0.25, -0.2) is 13.4 Å². The van der Waals surface area contributed by atoms with E-state index in [0.717, 1.165) is 17.1 Å². The van der Waals surface area contributed by atoms with Crippen LogP contribution < -0.4 is 9.21 Å². The maximum atomic E-state index is 13.2. The van der Waals surface area contributed by atoms with E-state index in [-0.39, 0.29) is 4.90 Å². The molecule has 0 atom stereocenters. The Morgan fingerprint density at radius 1 is 1.13 bits per heavy atom. The molecule has 6 heteroatoms. The van der Waals surface area contributed by atoms with Crippen molar-refractivity contribution in [1.29, 1.82) is 0 Å². The molecule has 2 heterocycles. The lowest BCUT2D eigenvalue weighted by molar-refractivity contribution is 0.521. The second kappa shape index (κ2) is 5.23. The second-order valence-electron chi connectivity index (χ2n) is 6.63. The van der Waals surface area contributed by atoms with Crippen LogP contribution in [-0.2, 0) is 16.4 Å². The summed E-state index contributed by atoms with van der Waals surface area (Å²) in [6.45, 7) is 3.90. The van der Waals surface area contributed by atoms with Gasteiger partial charge in [0.2, 0.25) is 0 Å². The predicted octanol–water partition coefficient (Wildman–Crippen LogP) is 2.68. The van der Waals surface area contributed by atoms with E-state index in [1.165, 1.54) is 10.5 Å². The average molecular weight is 331 g/mol. The van der Waals surface area contributed by atoms with Gasteiger partial charge in [0.05, 0.1) is 11.2 Å². The average Bonchev–Trinajstić information content (AvgIpc) is 2.77. The van der Waals surface area contributed by atoms with Crippen molar-refractivity contribution in [1.82, 2.24) is 4.98 Å².